The second-order valence-electron chi connectivity index (χ2n) is 6.46. The number of ether oxygens (including phenoxy) is 1. The zero-order valence-corrected chi connectivity index (χ0v) is 14.9. The van der Waals surface area contributed by atoms with Crippen LogP contribution in [0.15, 0.2) is 48.5 Å². The first-order valence-corrected chi connectivity index (χ1v) is 8.05. The van der Waals surface area contributed by atoms with Crippen molar-refractivity contribution in [1.82, 2.24) is 0 Å². The largest absolute Gasteiger partial charge is 0.496 e. The van der Waals surface area contributed by atoms with Crippen LogP contribution in [0, 0.1) is 0 Å². The third-order valence-electron chi connectivity index (χ3n) is 4.39. The van der Waals surface area contributed by atoms with Crippen LogP contribution in [0.4, 0.5) is 5.69 Å². The summed E-state index contributed by atoms with van der Waals surface area (Å²) in [5.74, 6) is -0.979. The van der Waals surface area contributed by atoms with Gasteiger partial charge in [0.15, 0.2) is 0 Å². The summed E-state index contributed by atoms with van der Waals surface area (Å²) in [6.45, 7) is 5.29. The summed E-state index contributed by atoms with van der Waals surface area (Å²) in [5.41, 5.74) is 1.31. The fourth-order valence-electron chi connectivity index (χ4n) is 2.57. The highest BCUT2D eigenvalue weighted by Crippen LogP contribution is 2.32. The van der Waals surface area contributed by atoms with E-state index >= 15 is 0 Å². The Bertz CT molecular complexity index is 766. The second kappa shape index (κ2) is 7.38. The van der Waals surface area contributed by atoms with Gasteiger partial charge in [0, 0.05) is 11.3 Å². The quantitative estimate of drug-likeness (QED) is 0.838. The van der Waals surface area contributed by atoms with Crippen molar-refractivity contribution in [3.8, 4) is 5.75 Å². The molecule has 132 valence electrons. The van der Waals surface area contributed by atoms with Gasteiger partial charge in [0.05, 0.1) is 18.4 Å². The van der Waals surface area contributed by atoms with E-state index in [0.717, 1.165) is 5.56 Å². The fourth-order valence-corrected chi connectivity index (χ4v) is 2.57. The first-order valence-electron chi connectivity index (χ1n) is 8.05. The molecule has 5 nitrogen and oxygen atoms in total. The van der Waals surface area contributed by atoms with Crippen LogP contribution in [-0.4, -0.2) is 24.1 Å². The van der Waals surface area contributed by atoms with E-state index in [9.17, 15) is 9.59 Å². The van der Waals surface area contributed by atoms with E-state index < -0.39 is 17.3 Å². The molecular formula is C20H23NO4. The van der Waals surface area contributed by atoms with Gasteiger partial charge >= 0.3 is 5.97 Å². The van der Waals surface area contributed by atoms with Gasteiger partial charge in [-0.1, -0.05) is 30.3 Å². The third-order valence-corrected chi connectivity index (χ3v) is 4.39. The van der Waals surface area contributed by atoms with Crippen molar-refractivity contribution >= 4 is 17.6 Å². The summed E-state index contributed by atoms with van der Waals surface area (Å²) in [7, 11) is 1.58. The molecule has 0 fully saturated rings. The first-order chi connectivity index (χ1) is 11.8. The molecule has 2 N–H and O–H groups in total. The van der Waals surface area contributed by atoms with Crippen LogP contribution < -0.4 is 10.1 Å². The van der Waals surface area contributed by atoms with Crippen LogP contribution in [0.25, 0.3) is 0 Å². The van der Waals surface area contributed by atoms with Crippen molar-refractivity contribution in [3.05, 3.63) is 59.7 Å². The Morgan fingerprint density at radius 3 is 2.24 bits per heavy atom. The van der Waals surface area contributed by atoms with Gasteiger partial charge in [0.25, 0.3) is 0 Å². The van der Waals surface area contributed by atoms with Crippen molar-refractivity contribution in [2.45, 2.75) is 32.1 Å². The van der Waals surface area contributed by atoms with Gasteiger partial charge in [0.2, 0.25) is 5.91 Å². The number of para-hydroxylation sites is 1. The van der Waals surface area contributed by atoms with Crippen LogP contribution in [0.1, 0.15) is 37.8 Å². The average Bonchev–Trinajstić information content (AvgIpc) is 2.61. The average molecular weight is 341 g/mol. The predicted octanol–water partition coefficient (Wildman–Crippen LogP) is 3.80. The number of nitrogens with one attached hydrogen (secondary N) is 1. The normalized spacial score (nSPS) is 12.3. The van der Waals surface area contributed by atoms with E-state index in [1.807, 2.05) is 38.1 Å². The number of hydrogen-bond acceptors (Lipinski definition) is 3. The summed E-state index contributed by atoms with van der Waals surface area (Å²) < 4.78 is 5.36. The van der Waals surface area contributed by atoms with Crippen LogP contribution in [-0.2, 0) is 15.0 Å². The first kappa shape index (κ1) is 18.5. The maximum Gasteiger partial charge on any atom is 0.310 e. The number of hydrogen-bond donors (Lipinski definition) is 2. The number of amides is 1. The number of carboxylic acids is 1. The smallest absolute Gasteiger partial charge is 0.310 e. The minimum atomic E-state index is -0.880. The van der Waals surface area contributed by atoms with E-state index in [2.05, 4.69) is 5.32 Å². The van der Waals surface area contributed by atoms with Crippen molar-refractivity contribution in [1.29, 1.82) is 0 Å². The summed E-state index contributed by atoms with van der Waals surface area (Å²) in [5, 5.41) is 11.9. The standard InChI is InChI=1S/C20H23NO4/c1-13(18(22)23)14-9-11-15(12-10-14)21-19(24)20(2,3)16-7-5-6-8-17(16)25-4/h5-13H,1-4H3,(H,21,24)(H,22,23). The van der Waals surface area contributed by atoms with Gasteiger partial charge in [-0.2, -0.15) is 0 Å². The van der Waals surface area contributed by atoms with Crippen LogP contribution in [0.3, 0.4) is 0 Å². The maximum absolute atomic E-state index is 12.8. The third kappa shape index (κ3) is 3.99. The number of anilines is 1. The molecule has 0 radical (unpaired) electrons. The lowest BCUT2D eigenvalue weighted by molar-refractivity contribution is -0.138. The minimum Gasteiger partial charge on any atom is -0.496 e. The maximum atomic E-state index is 12.8. The number of carboxylic acid groups (broad SMARTS) is 1. The molecule has 0 aliphatic rings. The molecule has 5 heteroatoms. The number of rotatable bonds is 6. The molecule has 0 saturated carbocycles. The Kier molecular flexibility index (Phi) is 5.47. The number of benzene rings is 2. The Morgan fingerprint density at radius 1 is 1.08 bits per heavy atom. The highest BCUT2D eigenvalue weighted by atomic mass is 16.5. The topological polar surface area (TPSA) is 75.6 Å². The van der Waals surface area contributed by atoms with Crippen molar-refractivity contribution in [3.63, 3.8) is 0 Å². The van der Waals surface area contributed by atoms with Crippen LogP contribution in [0.2, 0.25) is 0 Å². The molecule has 1 unspecified atom stereocenters. The lowest BCUT2D eigenvalue weighted by Crippen LogP contribution is -2.35. The molecular weight excluding hydrogens is 318 g/mol. The zero-order valence-electron chi connectivity index (χ0n) is 14.9. The van der Waals surface area contributed by atoms with E-state index in [1.54, 1.807) is 38.3 Å². The van der Waals surface area contributed by atoms with Gasteiger partial charge in [-0.05, 0) is 44.5 Å². The second-order valence-corrected chi connectivity index (χ2v) is 6.46. The summed E-state index contributed by atoms with van der Waals surface area (Å²) in [6, 6.07) is 14.3. The van der Waals surface area contributed by atoms with E-state index in [1.165, 1.54) is 0 Å². The number of carbonyl (C=O) groups excluding carboxylic acids is 1. The van der Waals surface area contributed by atoms with E-state index in [0.29, 0.717) is 17.0 Å². The monoisotopic (exact) mass is 341 g/mol. The van der Waals surface area contributed by atoms with Gasteiger partial charge in [-0.15, -0.1) is 0 Å². The van der Waals surface area contributed by atoms with Crippen molar-refractivity contribution < 1.29 is 19.4 Å². The van der Waals surface area contributed by atoms with Crippen molar-refractivity contribution in [2.24, 2.45) is 0 Å². The summed E-state index contributed by atoms with van der Waals surface area (Å²) in [6.07, 6.45) is 0. The molecule has 0 aromatic heterocycles. The van der Waals surface area contributed by atoms with Gasteiger partial charge in [-0.3, -0.25) is 9.59 Å². The van der Waals surface area contributed by atoms with E-state index in [4.69, 9.17) is 9.84 Å². The summed E-state index contributed by atoms with van der Waals surface area (Å²) in [4.78, 5) is 23.8. The summed E-state index contributed by atoms with van der Waals surface area (Å²) >= 11 is 0. The zero-order chi connectivity index (χ0) is 18.6. The molecule has 1 amide bonds. The minimum absolute atomic E-state index is 0.170. The SMILES string of the molecule is COc1ccccc1C(C)(C)C(=O)Nc1ccc(C(C)C(=O)O)cc1. The molecule has 2 rings (SSSR count). The molecule has 0 heterocycles. The number of methoxy groups -OCH3 is 1. The van der Waals surface area contributed by atoms with Gasteiger partial charge in [0.1, 0.15) is 5.75 Å². The molecule has 25 heavy (non-hydrogen) atoms. The Morgan fingerprint density at radius 2 is 1.68 bits per heavy atom. The lowest BCUT2D eigenvalue weighted by atomic mass is 9.83. The molecule has 1 atom stereocenters. The van der Waals surface area contributed by atoms with Crippen LogP contribution in [0.5, 0.6) is 5.75 Å². The Balaban J connectivity index is 2.19. The van der Waals surface area contributed by atoms with E-state index in [-0.39, 0.29) is 5.91 Å². The van der Waals surface area contributed by atoms with Crippen molar-refractivity contribution in [2.75, 3.05) is 12.4 Å². The molecule has 0 saturated heterocycles. The highest BCUT2D eigenvalue weighted by molar-refractivity contribution is 5.99. The van der Waals surface area contributed by atoms with Gasteiger partial charge < -0.3 is 15.2 Å². The molecule has 0 spiro atoms. The predicted molar refractivity (Wildman–Crippen MR) is 97.1 cm³/mol. The fraction of sp³-hybridized carbons (Fsp3) is 0.300. The molecule has 0 aliphatic heterocycles. The molecule has 0 aliphatic carbocycles. The lowest BCUT2D eigenvalue weighted by Gasteiger charge is -2.26. The number of carbonyl (C=O) groups is 2. The molecule has 2 aromatic rings. The Hall–Kier alpha value is -2.82. The van der Waals surface area contributed by atoms with Crippen LogP contribution >= 0.6 is 0 Å². The number of aliphatic carboxylic acids is 1. The Labute approximate surface area is 147 Å². The highest BCUT2D eigenvalue weighted by Gasteiger charge is 2.32. The van der Waals surface area contributed by atoms with Gasteiger partial charge in [-0.25, -0.2) is 0 Å². The molecule has 2 aromatic carbocycles. The molecule has 0 bridgehead atoms.